The Labute approximate surface area is 49.8 Å². The maximum Gasteiger partial charge on any atom is 0.306 e. The summed E-state index contributed by atoms with van der Waals surface area (Å²) in [4.78, 5) is 10.4. The molecule has 0 spiro atoms. The topological polar surface area (TPSA) is 26.3 Å². The van der Waals surface area contributed by atoms with Crippen LogP contribution in [0.4, 0.5) is 0 Å². The molecule has 8 heavy (non-hydrogen) atoms. The zero-order chi connectivity index (χ0) is 6.57. The van der Waals surface area contributed by atoms with E-state index >= 15 is 0 Å². The van der Waals surface area contributed by atoms with E-state index in [1.165, 1.54) is 7.11 Å². The number of methoxy groups -OCH3 is 1. The minimum absolute atomic E-state index is 0.162. The molecule has 47 valence electrons. The van der Waals surface area contributed by atoms with Crippen LogP contribution in [-0.2, 0) is 9.53 Å². The van der Waals surface area contributed by atoms with Gasteiger partial charge in [-0.15, -0.1) is 0 Å². The molecule has 0 bridgehead atoms. The van der Waals surface area contributed by atoms with E-state index in [0.29, 0.717) is 6.42 Å². The Morgan fingerprint density at radius 2 is 2.00 bits per heavy atom. The fourth-order valence-electron chi connectivity index (χ4n) is 0.361. The Morgan fingerprint density at radius 1 is 1.50 bits per heavy atom. The van der Waals surface area contributed by atoms with Crippen molar-refractivity contribution in [3.63, 3.8) is 0 Å². The van der Waals surface area contributed by atoms with Gasteiger partial charge in [0.15, 0.2) is 0 Å². The van der Waals surface area contributed by atoms with Crippen LogP contribution in [0.15, 0.2) is 0 Å². The third-order valence-corrected chi connectivity index (χ3v) is 0.726. The van der Waals surface area contributed by atoms with Gasteiger partial charge in [-0.3, -0.25) is 4.79 Å². The number of carbonyl (C=O) groups is 1. The minimum Gasteiger partial charge on any atom is -0.469 e. The van der Waals surface area contributed by atoms with E-state index in [2.05, 4.69) is 4.74 Å². The van der Waals surface area contributed by atoms with E-state index in [-0.39, 0.29) is 5.97 Å². The largest absolute Gasteiger partial charge is 0.469 e. The number of carbonyl (C=O) groups excluding carboxylic acids is 1. The van der Waals surface area contributed by atoms with Crippen molar-refractivity contribution in [1.82, 2.24) is 0 Å². The third kappa shape index (κ3) is 3.65. The predicted molar refractivity (Wildman–Crippen MR) is 31.2 cm³/mol. The summed E-state index contributed by atoms with van der Waals surface area (Å²) in [6, 6.07) is 0. The van der Waals surface area contributed by atoms with Crippen molar-refractivity contribution in [2.75, 3.05) is 7.11 Å². The highest BCUT2D eigenvalue weighted by Crippen LogP contribution is 2.01. The van der Waals surface area contributed by atoms with Crippen LogP contribution < -0.4 is 0 Å². The summed E-state index contributed by atoms with van der Waals surface area (Å²) in [6.45, 7) is 3.80. The Morgan fingerprint density at radius 3 is 2.12 bits per heavy atom. The molecular weight excluding hydrogens is 104 g/mol. The van der Waals surface area contributed by atoms with Gasteiger partial charge in [-0.2, -0.15) is 0 Å². The van der Waals surface area contributed by atoms with Gasteiger partial charge in [-0.25, -0.2) is 0 Å². The van der Waals surface area contributed by atoms with Crippen molar-refractivity contribution in [3.8, 4) is 0 Å². The van der Waals surface area contributed by atoms with E-state index in [1.54, 1.807) is 0 Å². The van der Waals surface area contributed by atoms with Crippen molar-refractivity contribution < 1.29 is 9.53 Å². The maximum atomic E-state index is 10.4. The van der Waals surface area contributed by atoms with Gasteiger partial charge in [0.25, 0.3) is 0 Å². The smallest absolute Gasteiger partial charge is 0.306 e. The van der Waals surface area contributed by atoms with E-state index in [1.807, 2.05) is 13.8 Å². The first-order valence-electron chi connectivity index (χ1n) is 2.52. The zero-order valence-corrected chi connectivity index (χ0v) is 5.52. The second-order valence-corrected chi connectivity index (χ2v) is 1.96. The van der Waals surface area contributed by atoms with Crippen molar-refractivity contribution in [3.05, 3.63) is 5.92 Å². The zero-order valence-electron chi connectivity index (χ0n) is 5.52. The first kappa shape index (κ1) is 7.47. The summed E-state index contributed by atoms with van der Waals surface area (Å²) in [7, 11) is 1.39. The van der Waals surface area contributed by atoms with Gasteiger partial charge in [0.2, 0.25) is 0 Å². The first-order chi connectivity index (χ1) is 3.66. The van der Waals surface area contributed by atoms with E-state index in [4.69, 9.17) is 0 Å². The number of rotatable bonds is 2. The average molecular weight is 115 g/mol. The molecule has 0 unspecified atom stereocenters. The standard InChI is InChI=1S/C6H11O2/c1-5(2)4-6(7)8-3/h4H2,1-3H3. The molecule has 0 N–H and O–H groups in total. The Kier molecular flexibility index (Phi) is 3.24. The molecule has 1 radical (unpaired) electrons. The quantitative estimate of drug-likeness (QED) is 0.505. The van der Waals surface area contributed by atoms with Crippen LogP contribution in [0.2, 0.25) is 0 Å². The number of ether oxygens (including phenoxy) is 1. The van der Waals surface area contributed by atoms with Crippen LogP contribution in [0, 0.1) is 5.92 Å². The lowest BCUT2D eigenvalue weighted by atomic mass is 10.1. The van der Waals surface area contributed by atoms with Crippen LogP contribution in [0.5, 0.6) is 0 Å². The predicted octanol–water partition coefficient (Wildman–Crippen LogP) is 1.16. The highest BCUT2D eigenvalue weighted by molar-refractivity contribution is 5.71. The van der Waals surface area contributed by atoms with Gasteiger partial charge in [-0.05, 0) is 5.92 Å². The highest BCUT2D eigenvalue weighted by atomic mass is 16.5. The first-order valence-corrected chi connectivity index (χ1v) is 2.52. The van der Waals surface area contributed by atoms with E-state index in [9.17, 15) is 4.79 Å². The summed E-state index contributed by atoms with van der Waals surface area (Å²) in [6.07, 6.45) is 0.441. The molecule has 0 saturated carbocycles. The van der Waals surface area contributed by atoms with Gasteiger partial charge >= 0.3 is 5.97 Å². The van der Waals surface area contributed by atoms with Gasteiger partial charge in [0, 0.05) is 0 Å². The lowest BCUT2D eigenvalue weighted by Gasteiger charge is -1.99. The summed E-state index contributed by atoms with van der Waals surface area (Å²) >= 11 is 0. The second-order valence-electron chi connectivity index (χ2n) is 1.96. The molecule has 0 rings (SSSR count). The molecule has 0 atom stereocenters. The van der Waals surface area contributed by atoms with Crippen molar-refractivity contribution in [2.45, 2.75) is 20.3 Å². The molecule has 0 heterocycles. The normalized spacial score (nSPS) is 9.50. The number of hydrogen-bond acceptors (Lipinski definition) is 2. The van der Waals surface area contributed by atoms with Gasteiger partial charge in [0.05, 0.1) is 13.5 Å². The van der Waals surface area contributed by atoms with Crippen LogP contribution in [0.25, 0.3) is 0 Å². The molecule has 2 heteroatoms. The fourth-order valence-corrected chi connectivity index (χ4v) is 0.361. The summed E-state index contributed by atoms with van der Waals surface area (Å²) in [5.41, 5.74) is 0. The SMILES string of the molecule is COC(=O)C[C](C)C. The monoisotopic (exact) mass is 115 g/mol. The lowest BCUT2D eigenvalue weighted by Crippen LogP contribution is -2.02. The Balaban J connectivity index is 3.25. The molecule has 0 aromatic heterocycles. The fraction of sp³-hybridized carbons (Fsp3) is 0.667. The molecular formula is C6H11O2. The van der Waals surface area contributed by atoms with Gasteiger partial charge in [-0.1, -0.05) is 13.8 Å². The molecule has 0 aromatic carbocycles. The average Bonchev–Trinajstić information content (AvgIpc) is 1.65. The van der Waals surface area contributed by atoms with E-state index in [0.717, 1.165) is 5.92 Å². The molecule has 0 aromatic rings. The molecule has 0 aliphatic rings. The van der Waals surface area contributed by atoms with Crippen LogP contribution in [0.3, 0.4) is 0 Å². The molecule has 0 aliphatic carbocycles. The molecule has 0 aliphatic heterocycles. The van der Waals surface area contributed by atoms with Crippen LogP contribution in [-0.4, -0.2) is 13.1 Å². The van der Waals surface area contributed by atoms with Gasteiger partial charge in [0.1, 0.15) is 0 Å². The van der Waals surface area contributed by atoms with Crippen molar-refractivity contribution in [1.29, 1.82) is 0 Å². The van der Waals surface area contributed by atoms with Crippen LogP contribution in [0.1, 0.15) is 20.3 Å². The lowest BCUT2D eigenvalue weighted by molar-refractivity contribution is -0.140. The summed E-state index contributed by atoms with van der Waals surface area (Å²) in [5, 5.41) is 0. The van der Waals surface area contributed by atoms with Crippen molar-refractivity contribution >= 4 is 5.97 Å². The minimum atomic E-state index is -0.162. The second kappa shape index (κ2) is 3.47. The molecule has 2 nitrogen and oxygen atoms in total. The highest BCUT2D eigenvalue weighted by Gasteiger charge is 2.02. The van der Waals surface area contributed by atoms with E-state index < -0.39 is 0 Å². The van der Waals surface area contributed by atoms with Gasteiger partial charge < -0.3 is 4.74 Å². The molecule has 0 fully saturated rings. The number of esters is 1. The maximum absolute atomic E-state index is 10.4. The Bertz CT molecular complexity index is 76.6. The third-order valence-electron chi connectivity index (χ3n) is 0.726. The Hall–Kier alpha value is -0.530. The molecule has 0 saturated heterocycles. The van der Waals surface area contributed by atoms with Crippen LogP contribution >= 0.6 is 0 Å². The summed E-state index contributed by atoms with van der Waals surface area (Å²) < 4.78 is 4.40. The van der Waals surface area contributed by atoms with Crippen molar-refractivity contribution in [2.24, 2.45) is 0 Å². The summed E-state index contributed by atoms with van der Waals surface area (Å²) in [5.74, 6) is 0.918. The number of hydrogen-bond donors (Lipinski definition) is 0. The molecule has 0 amide bonds.